The maximum atomic E-state index is 13.7. The van der Waals surface area contributed by atoms with E-state index in [0.29, 0.717) is 12.8 Å². The second-order valence-corrected chi connectivity index (χ2v) is 8.07. The molecule has 1 N–H and O–H groups in total. The predicted octanol–water partition coefficient (Wildman–Crippen LogP) is 5.41. The van der Waals surface area contributed by atoms with E-state index >= 15 is 0 Å². The fourth-order valence-electron chi connectivity index (χ4n) is 4.31. The third-order valence-electron chi connectivity index (χ3n) is 5.95. The molecule has 0 spiro atoms. The summed E-state index contributed by atoms with van der Waals surface area (Å²) in [5, 5.41) is 2.75. The zero-order valence-corrected chi connectivity index (χ0v) is 18.1. The van der Waals surface area contributed by atoms with Crippen molar-refractivity contribution in [3.8, 4) is 5.75 Å². The van der Waals surface area contributed by atoms with E-state index in [0.717, 1.165) is 22.8 Å². The van der Waals surface area contributed by atoms with Gasteiger partial charge in [0.15, 0.2) is 0 Å². The van der Waals surface area contributed by atoms with Crippen LogP contribution in [0, 0.1) is 0 Å². The van der Waals surface area contributed by atoms with Crippen molar-refractivity contribution in [2.24, 2.45) is 0 Å². The molecular formula is C26H24F3NO3. The van der Waals surface area contributed by atoms with Crippen LogP contribution in [0.5, 0.6) is 5.75 Å². The molecule has 0 unspecified atom stereocenters. The first-order chi connectivity index (χ1) is 15.8. The van der Waals surface area contributed by atoms with Crippen LogP contribution >= 0.6 is 0 Å². The highest BCUT2D eigenvalue weighted by molar-refractivity contribution is 6.00. The molecule has 0 fully saturated rings. The van der Waals surface area contributed by atoms with Gasteiger partial charge in [-0.2, -0.15) is 13.2 Å². The number of carbonyl (C=O) groups excluding carboxylic acids is 1. The zero-order valence-electron chi connectivity index (χ0n) is 18.1. The van der Waals surface area contributed by atoms with Crippen molar-refractivity contribution in [2.75, 3.05) is 25.6 Å². The summed E-state index contributed by atoms with van der Waals surface area (Å²) in [6.45, 7) is 0.149. The minimum absolute atomic E-state index is 0.0132. The Morgan fingerprint density at radius 1 is 0.939 bits per heavy atom. The molecule has 3 aromatic carbocycles. The van der Waals surface area contributed by atoms with Crippen LogP contribution in [0.15, 0.2) is 72.8 Å². The van der Waals surface area contributed by atoms with E-state index in [2.05, 4.69) is 5.32 Å². The number of alkyl halides is 3. The van der Waals surface area contributed by atoms with Crippen molar-refractivity contribution in [2.45, 2.75) is 24.4 Å². The average Bonchev–Trinajstić information content (AvgIpc) is 3.21. The Bertz CT molecular complexity index is 1100. The zero-order chi connectivity index (χ0) is 23.5. The Morgan fingerprint density at radius 3 is 2.18 bits per heavy atom. The third kappa shape index (κ3) is 4.73. The largest absolute Gasteiger partial charge is 0.491 e. The second-order valence-electron chi connectivity index (χ2n) is 8.07. The molecule has 4 rings (SSSR count). The van der Waals surface area contributed by atoms with Gasteiger partial charge in [-0.1, -0.05) is 54.6 Å². The topological polar surface area (TPSA) is 47.6 Å². The lowest BCUT2D eigenvalue weighted by molar-refractivity contribution is -0.139. The molecule has 33 heavy (non-hydrogen) atoms. The highest BCUT2D eigenvalue weighted by Crippen LogP contribution is 2.42. The van der Waals surface area contributed by atoms with Gasteiger partial charge in [-0.3, -0.25) is 4.79 Å². The van der Waals surface area contributed by atoms with Crippen molar-refractivity contribution in [3.63, 3.8) is 0 Å². The summed E-state index contributed by atoms with van der Waals surface area (Å²) >= 11 is 0. The molecule has 4 nitrogen and oxygen atoms in total. The molecule has 0 aromatic heterocycles. The van der Waals surface area contributed by atoms with Crippen LogP contribution in [-0.4, -0.2) is 26.2 Å². The minimum Gasteiger partial charge on any atom is -0.491 e. The Hall–Kier alpha value is -3.32. The molecule has 1 aliphatic carbocycles. The van der Waals surface area contributed by atoms with Crippen molar-refractivity contribution in [3.05, 3.63) is 95.1 Å². The molecule has 0 saturated carbocycles. The highest BCUT2D eigenvalue weighted by Gasteiger charge is 2.45. The number of nitrogens with one attached hydrogen (secondary N) is 1. The van der Waals surface area contributed by atoms with Gasteiger partial charge in [0.1, 0.15) is 12.4 Å². The molecule has 1 aliphatic rings. The SMILES string of the molecule is COCCOc1ccc(NC(=O)C2(c3ccccc3)Cc3ccccc3C2)cc1C(F)(F)F. The molecule has 1 amide bonds. The molecule has 0 atom stereocenters. The van der Waals surface area contributed by atoms with Crippen LogP contribution in [0.4, 0.5) is 18.9 Å². The van der Waals surface area contributed by atoms with Crippen LogP contribution in [0.2, 0.25) is 0 Å². The Labute approximate surface area is 190 Å². The number of ether oxygens (including phenoxy) is 2. The molecular weight excluding hydrogens is 431 g/mol. The number of rotatable bonds is 7. The first-order valence-electron chi connectivity index (χ1n) is 10.6. The first-order valence-corrected chi connectivity index (χ1v) is 10.6. The highest BCUT2D eigenvalue weighted by atomic mass is 19.4. The summed E-state index contributed by atoms with van der Waals surface area (Å²) in [6.07, 6.45) is -3.68. The molecule has 0 aliphatic heterocycles. The fraction of sp³-hybridized carbons (Fsp3) is 0.269. The number of benzene rings is 3. The van der Waals surface area contributed by atoms with Gasteiger partial charge in [-0.25, -0.2) is 0 Å². The molecule has 3 aromatic rings. The summed E-state index contributed by atoms with van der Waals surface area (Å²) < 4.78 is 51.1. The number of carbonyl (C=O) groups is 1. The van der Waals surface area contributed by atoms with Gasteiger partial charge in [0, 0.05) is 12.8 Å². The molecule has 0 radical (unpaired) electrons. The van der Waals surface area contributed by atoms with Gasteiger partial charge in [0.25, 0.3) is 0 Å². The predicted molar refractivity (Wildman–Crippen MR) is 119 cm³/mol. The summed E-state index contributed by atoms with van der Waals surface area (Å²) in [7, 11) is 1.44. The van der Waals surface area contributed by atoms with Crippen LogP contribution in [-0.2, 0) is 34.0 Å². The van der Waals surface area contributed by atoms with E-state index in [1.165, 1.54) is 19.2 Å². The van der Waals surface area contributed by atoms with E-state index in [-0.39, 0.29) is 30.6 Å². The van der Waals surface area contributed by atoms with Crippen LogP contribution in [0.3, 0.4) is 0 Å². The second kappa shape index (κ2) is 9.27. The van der Waals surface area contributed by atoms with Crippen LogP contribution in [0.1, 0.15) is 22.3 Å². The Kier molecular flexibility index (Phi) is 6.42. The molecule has 172 valence electrons. The fourth-order valence-corrected chi connectivity index (χ4v) is 4.31. The monoisotopic (exact) mass is 455 g/mol. The van der Waals surface area contributed by atoms with E-state index < -0.39 is 17.2 Å². The van der Waals surface area contributed by atoms with Crippen LogP contribution < -0.4 is 10.1 Å². The standard InChI is InChI=1S/C26H24F3NO3/c1-32-13-14-33-23-12-11-21(15-22(23)26(27,28)29)30-24(31)25(20-9-3-2-4-10-20)16-18-7-5-6-8-19(18)17-25/h2-12,15H,13-14,16-17H2,1H3,(H,30,31). The van der Waals surface area contributed by atoms with Gasteiger partial charge in [0.2, 0.25) is 5.91 Å². The molecule has 7 heteroatoms. The van der Waals surface area contributed by atoms with E-state index in [9.17, 15) is 18.0 Å². The average molecular weight is 455 g/mol. The lowest BCUT2D eigenvalue weighted by atomic mass is 9.76. The number of amides is 1. The van der Waals surface area contributed by atoms with Crippen molar-refractivity contribution in [1.82, 2.24) is 0 Å². The van der Waals surface area contributed by atoms with Gasteiger partial charge >= 0.3 is 6.18 Å². The van der Waals surface area contributed by atoms with Crippen molar-refractivity contribution >= 4 is 11.6 Å². The normalized spacial score (nSPS) is 14.5. The number of anilines is 1. The summed E-state index contributed by atoms with van der Waals surface area (Å²) in [5.41, 5.74) is 1.17. The van der Waals surface area contributed by atoms with Gasteiger partial charge in [-0.15, -0.1) is 0 Å². The molecule has 0 saturated heterocycles. The van der Waals surface area contributed by atoms with E-state index in [4.69, 9.17) is 9.47 Å². The number of hydrogen-bond acceptors (Lipinski definition) is 3. The lowest BCUT2D eigenvalue weighted by Crippen LogP contribution is -2.41. The number of methoxy groups -OCH3 is 1. The summed E-state index contributed by atoms with van der Waals surface area (Å²) in [6, 6.07) is 20.8. The number of fused-ring (bicyclic) bond motifs is 1. The summed E-state index contributed by atoms with van der Waals surface area (Å²) in [4.78, 5) is 13.6. The quantitative estimate of drug-likeness (QED) is 0.485. The first kappa shape index (κ1) is 22.9. The summed E-state index contributed by atoms with van der Waals surface area (Å²) in [5.74, 6) is -0.644. The van der Waals surface area contributed by atoms with Crippen LogP contribution in [0.25, 0.3) is 0 Å². The molecule has 0 heterocycles. The number of halogens is 3. The van der Waals surface area contributed by atoms with Crippen molar-refractivity contribution in [1.29, 1.82) is 0 Å². The molecule has 0 bridgehead atoms. The third-order valence-corrected chi connectivity index (χ3v) is 5.95. The number of hydrogen-bond donors (Lipinski definition) is 1. The maximum absolute atomic E-state index is 13.7. The van der Waals surface area contributed by atoms with Gasteiger partial charge in [-0.05, 0) is 47.7 Å². The Morgan fingerprint density at radius 2 is 1.58 bits per heavy atom. The van der Waals surface area contributed by atoms with Crippen molar-refractivity contribution < 1.29 is 27.4 Å². The van der Waals surface area contributed by atoms with E-state index in [1.807, 2.05) is 54.6 Å². The van der Waals surface area contributed by atoms with E-state index in [1.54, 1.807) is 0 Å². The maximum Gasteiger partial charge on any atom is 0.420 e. The van der Waals surface area contributed by atoms with Gasteiger partial charge in [0.05, 0.1) is 17.6 Å². The van der Waals surface area contributed by atoms with Gasteiger partial charge < -0.3 is 14.8 Å². The lowest BCUT2D eigenvalue weighted by Gasteiger charge is -2.29. The Balaban J connectivity index is 1.65. The smallest absolute Gasteiger partial charge is 0.420 e. The minimum atomic E-state index is -4.64.